The highest BCUT2D eigenvalue weighted by Crippen LogP contribution is 2.11. The van der Waals surface area contributed by atoms with Gasteiger partial charge in [0, 0.05) is 24.2 Å². The molecule has 0 unspecified atom stereocenters. The minimum atomic E-state index is -0.194. The third-order valence-electron chi connectivity index (χ3n) is 3.43. The van der Waals surface area contributed by atoms with Crippen molar-refractivity contribution in [3.05, 3.63) is 77.9 Å². The molecule has 0 heterocycles. The molecule has 0 fully saturated rings. The summed E-state index contributed by atoms with van der Waals surface area (Å²) in [5.74, 6) is 0.388. The highest BCUT2D eigenvalue weighted by atomic mass is 16.5. The first-order valence-corrected chi connectivity index (χ1v) is 7.54. The van der Waals surface area contributed by atoms with Crippen LogP contribution in [0.1, 0.15) is 26.3 Å². The fourth-order valence-corrected chi connectivity index (χ4v) is 2.07. The molecule has 2 rings (SSSR count). The van der Waals surface area contributed by atoms with Crippen LogP contribution in [0.5, 0.6) is 5.75 Å². The molecule has 0 aromatic heterocycles. The number of carbonyl (C=O) groups is 2. The zero-order valence-corrected chi connectivity index (χ0v) is 13.5. The minimum absolute atomic E-state index is 0.191. The molecule has 2 N–H and O–H groups in total. The average molecular weight is 324 g/mol. The fraction of sp³-hybridized carbons (Fsp3) is 0.158. The van der Waals surface area contributed by atoms with Gasteiger partial charge in [0.1, 0.15) is 5.75 Å². The second kappa shape index (κ2) is 8.53. The number of hydrogen-bond acceptors (Lipinski definition) is 3. The summed E-state index contributed by atoms with van der Waals surface area (Å²) < 4.78 is 5.09. The summed E-state index contributed by atoms with van der Waals surface area (Å²) in [6, 6.07) is 14.0. The molecule has 2 aromatic rings. The van der Waals surface area contributed by atoms with Crippen molar-refractivity contribution in [2.45, 2.75) is 6.54 Å². The lowest BCUT2D eigenvalue weighted by Crippen LogP contribution is -2.24. The Hall–Kier alpha value is -3.08. The molecule has 0 aliphatic heterocycles. The van der Waals surface area contributed by atoms with E-state index in [0.29, 0.717) is 24.2 Å². The molecule has 124 valence electrons. The van der Waals surface area contributed by atoms with Crippen LogP contribution in [0.3, 0.4) is 0 Å². The van der Waals surface area contributed by atoms with Gasteiger partial charge in [0.25, 0.3) is 11.8 Å². The Labute approximate surface area is 141 Å². The maximum atomic E-state index is 12.1. The second-order valence-electron chi connectivity index (χ2n) is 5.11. The summed E-state index contributed by atoms with van der Waals surface area (Å²) in [6.07, 6.45) is 1.61. The van der Waals surface area contributed by atoms with E-state index in [4.69, 9.17) is 4.74 Å². The van der Waals surface area contributed by atoms with Crippen molar-refractivity contribution in [2.24, 2.45) is 0 Å². The van der Waals surface area contributed by atoms with E-state index in [1.165, 1.54) is 0 Å². The van der Waals surface area contributed by atoms with Crippen molar-refractivity contribution in [1.82, 2.24) is 10.6 Å². The van der Waals surface area contributed by atoms with Crippen LogP contribution in [0.4, 0.5) is 0 Å². The summed E-state index contributed by atoms with van der Waals surface area (Å²) in [5.41, 5.74) is 1.98. The summed E-state index contributed by atoms with van der Waals surface area (Å²) in [7, 11) is 1.61. The number of carbonyl (C=O) groups excluding carboxylic acids is 2. The fourth-order valence-electron chi connectivity index (χ4n) is 2.07. The van der Waals surface area contributed by atoms with Crippen molar-refractivity contribution in [3.8, 4) is 5.75 Å². The second-order valence-corrected chi connectivity index (χ2v) is 5.11. The number of rotatable bonds is 7. The third kappa shape index (κ3) is 4.71. The number of nitrogens with one attached hydrogen (secondary N) is 2. The van der Waals surface area contributed by atoms with Crippen molar-refractivity contribution < 1.29 is 14.3 Å². The van der Waals surface area contributed by atoms with Gasteiger partial charge in [-0.2, -0.15) is 0 Å². The summed E-state index contributed by atoms with van der Waals surface area (Å²) in [5, 5.41) is 5.53. The summed E-state index contributed by atoms with van der Waals surface area (Å²) in [6.45, 7) is 4.37. The van der Waals surface area contributed by atoms with Crippen LogP contribution >= 0.6 is 0 Å². The molecule has 5 heteroatoms. The largest absolute Gasteiger partial charge is 0.497 e. The predicted molar refractivity (Wildman–Crippen MR) is 93.1 cm³/mol. The lowest BCUT2D eigenvalue weighted by atomic mass is 10.1. The summed E-state index contributed by atoms with van der Waals surface area (Å²) >= 11 is 0. The van der Waals surface area contributed by atoms with Crippen LogP contribution < -0.4 is 15.4 Å². The lowest BCUT2D eigenvalue weighted by Gasteiger charge is -2.07. The zero-order chi connectivity index (χ0) is 17.4. The lowest BCUT2D eigenvalue weighted by molar-refractivity contribution is 0.0942. The van der Waals surface area contributed by atoms with E-state index >= 15 is 0 Å². The van der Waals surface area contributed by atoms with Crippen molar-refractivity contribution in [1.29, 1.82) is 0 Å². The molecule has 2 amide bonds. The first-order valence-electron chi connectivity index (χ1n) is 7.54. The van der Waals surface area contributed by atoms with Crippen LogP contribution in [-0.4, -0.2) is 25.5 Å². The van der Waals surface area contributed by atoms with E-state index in [1.807, 2.05) is 24.3 Å². The van der Waals surface area contributed by atoms with E-state index in [1.54, 1.807) is 37.5 Å². The van der Waals surface area contributed by atoms with Crippen molar-refractivity contribution in [2.75, 3.05) is 13.7 Å². The molecule has 0 spiro atoms. The van der Waals surface area contributed by atoms with Gasteiger partial charge in [-0.1, -0.05) is 18.2 Å². The maximum absolute atomic E-state index is 12.1. The molecule has 2 aromatic carbocycles. The van der Waals surface area contributed by atoms with Gasteiger partial charge in [-0.3, -0.25) is 9.59 Å². The maximum Gasteiger partial charge on any atom is 0.251 e. The van der Waals surface area contributed by atoms with Crippen LogP contribution in [0.15, 0.2) is 61.2 Å². The van der Waals surface area contributed by atoms with Gasteiger partial charge in [0.2, 0.25) is 0 Å². The Morgan fingerprint density at radius 1 is 0.958 bits per heavy atom. The van der Waals surface area contributed by atoms with E-state index in [0.717, 1.165) is 11.3 Å². The van der Waals surface area contributed by atoms with Gasteiger partial charge in [0.15, 0.2) is 0 Å². The van der Waals surface area contributed by atoms with E-state index in [9.17, 15) is 9.59 Å². The highest BCUT2D eigenvalue weighted by Gasteiger charge is 2.08. The molecule has 0 aliphatic carbocycles. The van der Waals surface area contributed by atoms with E-state index in [-0.39, 0.29) is 11.8 Å². The Morgan fingerprint density at radius 2 is 1.50 bits per heavy atom. The first kappa shape index (κ1) is 17.3. The SMILES string of the molecule is C=CCNC(=O)c1ccc(C(=O)NCc2ccc(OC)cc2)cc1. The smallest absolute Gasteiger partial charge is 0.251 e. The van der Waals surface area contributed by atoms with Crippen LogP contribution in [0.25, 0.3) is 0 Å². The molecule has 0 radical (unpaired) electrons. The van der Waals surface area contributed by atoms with Gasteiger partial charge < -0.3 is 15.4 Å². The molecule has 24 heavy (non-hydrogen) atoms. The van der Waals surface area contributed by atoms with Gasteiger partial charge in [-0.15, -0.1) is 6.58 Å². The van der Waals surface area contributed by atoms with E-state index < -0.39 is 0 Å². The molecule has 0 atom stereocenters. The molecular weight excluding hydrogens is 304 g/mol. The molecule has 5 nitrogen and oxygen atoms in total. The van der Waals surface area contributed by atoms with Crippen molar-refractivity contribution in [3.63, 3.8) is 0 Å². The number of methoxy groups -OCH3 is 1. The number of ether oxygens (including phenoxy) is 1. The predicted octanol–water partition coefficient (Wildman–Crippen LogP) is 2.54. The Bertz CT molecular complexity index is 706. The van der Waals surface area contributed by atoms with Crippen molar-refractivity contribution >= 4 is 11.8 Å². The van der Waals surface area contributed by atoms with Gasteiger partial charge in [-0.25, -0.2) is 0 Å². The Balaban J connectivity index is 1.92. The zero-order valence-electron chi connectivity index (χ0n) is 13.5. The molecule has 0 saturated carbocycles. The Kier molecular flexibility index (Phi) is 6.14. The minimum Gasteiger partial charge on any atom is -0.497 e. The molecular formula is C19H20N2O3. The normalized spacial score (nSPS) is 9.88. The Morgan fingerprint density at radius 3 is 2.00 bits per heavy atom. The quantitative estimate of drug-likeness (QED) is 0.769. The van der Waals surface area contributed by atoms with Gasteiger partial charge >= 0.3 is 0 Å². The summed E-state index contributed by atoms with van der Waals surface area (Å²) in [4.78, 5) is 23.9. The molecule has 0 bridgehead atoms. The van der Waals surface area contributed by atoms with Gasteiger partial charge in [0.05, 0.1) is 7.11 Å². The number of hydrogen-bond donors (Lipinski definition) is 2. The average Bonchev–Trinajstić information content (AvgIpc) is 2.64. The third-order valence-corrected chi connectivity index (χ3v) is 3.43. The highest BCUT2D eigenvalue weighted by molar-refractivity contribution is 5.97. The van der Waals surface area contributed by atoms with Crippen LogP contribution in [0.2, 0.25) is 0 Å². The first-order chi connectivity index (χ1) is 11.6. The van der Waals surface area contributed by atoms with Crippen LogP contribution in [-0.2, 0) is 6.54 Å². The molecule has 0 aliphatic rings. The number of benzene rings is 2. The van der Waals surface area contributed by atoms with Gasteiger partial charge in [-0.05, 0) is 42.0 Å². The topological polar surface area (TPSA) is 67.4 Å². The van der Waals surface area contributed by atoms with Crippen LogP contribution in [0, 0.1) is 0 Å². The monoisotopic (exact) mass is 324 g/mol. The number of amides is 2. The van der Waals surface area contributed by atoms with E-state index in [2.05, 4.69) is 17.2 Å². The standard InChI is InChI=1S/C19H20N2O3/c1-3-12-20-18(22)15-6-8-16(9-7-15)19(23)21-13-14-4-10-17(24-2)11-5-14/h3-11H,1,12-13H2,2H3,(H,20,22)(H,21,23). The molecule has 0 saturated heterocycles.